The van der Waals surface area contributed by atoms with Crippen LogP contribution in [0.5, 0.6) is 0 Å². The lowest BCUT2D eigenvalue weighted by Crippen LogP contribution is -2.31. The van der Waals surface area contributed by atoms with Gasteiger partial charge in [0.15, 0.2) is 5.65 Å². The summed E-state index contributed by atoms with van der Waals surface area (Å²) in [5.74, 6) is 1.81. The first-order valence-electron chi connectivity index (χ1n) is 7.42. The van der Waals surface area contributed by atoms with Crippen molar-refractivity contribution < 1.29 is 4.42 Å². The van der Waals surface area contributed by atoms with Gasteiger partial charge in [0, 0.05) is 12.3 Å². The molecule has 3 aromatic rings. The van der Waals surface area contributed by atoms with E-state index in [2.05, 4.69) is 21.5 Å². The number of hydrogen-bond donors (Lipinski definition) is 0. The Hall–Kier alpha value is -2.14. The Bertz CT molecular complexity index is 747. The number of piperidine rings is 1. The highest BCUT2D eigenvalue weighted by Crippen LogP contribution is 2.32. The van der Waals surface area contributed by atoms with E-state index in [0.717, 1.165) is 35.8 Å². The van der Waals surface area contributed by atoms with Crippen LogP contribution in [0.4, 0.5) is 0 Å². The van der Waals surface area contributed by atoms with Crippen molar-refractivity contribution in [2.75, 3.05) is 13.6 Å². The minimum atomic E-state index is 0.318. The monoisotopic (exact) mass is 282 g/mol. The van der Waals surface area contributed by atoms with E-state index in [1.807, 2.05) is 24.3 Å². The molecule has 3 aromatic heterocycles. The standard InChI is InChI=1S/C16H18N4O/c1-19-10-3-2-7-13(19)16-18-12-6-4-9-17-15(12)20(16)14-8-5-11-21-14/h4-6,8-9,11,13H,2-3,7,10H2,1H3. The zero-order valence-corrected chi connectivity index (χ0v) is 12.1. The maximum atomic E-state index is 5.62. The van der Waals surface area contributed by atoms with E-state index in [9.17, 15) is 0 Å². The van der Waals surface area contributed by atoms with Crippen molar-refractivity contribution in [3.05, 3.63) is 42.5 Å². The number of aromatic nitrogens is 3. The fourth-order valence-electron chi connectivity index (χ4n) is 3.17. The number of imidazole rings is 1. The number of furan rings is 1. The summed E-state index contributed by atoms with van der Waals surface area (Å²) < 4.78 is 7.67. The predicted octanol–water partition coefficient (Wildman–Crippen LogP) is 3.17. The Balaban J connectivity index is 1.93. The van der Waals surface area contributed by atoms with Crippen LogP contribution in [-0.4, -0.2) is 33.0 Å². The molecular weight excluding hydrogens is 264 g/mol. The van der Waals surface area contributed by atoms with Crippen molar-refractivity contribution >= 4 is 11.2 Å². The molecule has 0 aromatic carbocycles. The Morgan fingerprint density at radius 3 is 3.00 bits per heavy atom. The van der Waals surface area contributed by atoms with Gasteiger partial charge in [-0.1, -0.05) is 6.42 Å². The van der Waals surface area contributed by atoms with E-state index in [1.54, 1.807) is 12.5 Å². The average Bonchev–Trinajstić information content (AvgIpc) is 3.14. The van der Waals surface area contributed by atoms with E-state index >= 15 is 0 Å². The molecule has 1 saturated heterocycles. The first kappa shape index (κ1) is 12.6. The van der Waals surface area contributed by atoms with Gasteiger partial charge < -0.3 is 4.42 Å². The second-order valence-corrected chi connectivity index (χ2v) is 5.60. The van der Waals surface area contributed by atoms with Gasteiger partial charge in [-0.05, 0) is 44.6 Å². The van der Waals surface area contributed by atoms with Crippen molar-refractivity contribution in [2.24, 2.45) is 0 Å². The van der Waals surface area contributed by atoms with Gasteiger partial charge in [0.2, 0.25) is 5.88 Å². The van der Waals surface area contributed by atoms with Crippen LogP contribution in [0.25, 0.3) is 17.0 Å². The zero-order valence-electron chi connectivity index (χ0n) is 12.1. The third kappa shape index (κ3) is 2.05. The maximum absolute atomic E-state index is 5.62. The summed E-state index contributed by atoms with van der Waals surface area (Å²) in [4.78, 5) is 11.7. The second-order valence-electron chi connectivity index (χ2n) is 5.60. The van der Waals surface area contributed by atoms with Crippen LogP contribution in [0.3, 0.4) is 0 Å². The Morgan fingerprint density at radius 1 is 1.24 bits per heavy atom. The Labute approximate surface area is 123 Å². The van der Waals surface area contributed by atoms with Gasteiger partial charge in [-0.2, -0.15) is 0 Å². The second kappa shape index (κ2) is 5.00. The van der Waals surface area contributed by atoms with Gasteiger partial charge in [0.05, 0.1) is 12.3 Å². The van der Waals surface area contributed by atoms with Gasteiger partial charge in [-0.25, -0.2) is 14.5 Å². The quantitative estimate of drug-likeness (QED) is 0.724. The molecule has 5 heteroatoms. The van der Waals surface area contributed by atoms with Crippen LogP contribution in [0, 0.1) is 0 Å². The number of fused-ring (bicyclic) bond motifs is 1. The van der Waals surface area contributed by atoms with E-state index in [4.69, 9.17) is 9.40 Å². The summed E-state index contributed by atoms with van der Waals surface area (Å²) in [6.45, 7) is 1.11. The van der Waals surface area contributed by atoms with E-state index in [1.165, 1.54) is 12.8 Å². The zero-order chi connectivity index (χ0) is 14.2. The van der Waals surface area contributed by atoms with Crippen molar-refractivity contribution in [3.8, 4) is 5.88 Å². The lowest BCUT2D eigenvalue weighted by molar-refractivity contribution is 0.177. The predicted molar refractivity (Wildman–Crippen MR) is 80.4 cm³/mol. The minimum Gasteiger partial charge on any atom is -0.448 e. The molecule has 0 bridgehead atoms. The molecule has 0 amide bonds. The number of nitrogens with zero attached hydrogens (tertiary/aromatic N) is 4. The number of likely N-dealkylation sites (tertiary alicyclic amines) is 1. The first-order chi connectivity index (χ1) is 10.3. The summed E-state index contributed by atoms with van der Waals surface area (Å²) in [6.07, 6.45) is 7.12. The molecule has 0 aliphatic carbocycles. The van der Waals surface area contributed by atoms with Crippen molar-refractivity contribution in [1.29, 1.82) is 0 Å². The molecule has 1 unspecified atom stereocenters. The third-order valence-electron chi connectivity index (χ3n) is 4.24. The van der Waals surface area contributed by atoms with Crippen molar-refractivity contribution in [1.82, 2.24) is 19.4 Å². The van der Waals surface area contributed by atoms with Crippen LogP contribution in [0.15, 0.2) is 41.1 Å². The molecule has 0 N–H and O–H groups in total. The number of rotatable bonds is 2. The molecule has 0 spiro atoms. The lowest BCUT2D eigenvalue weighted by Gasteiger charge is -2.31. The van der Waals surface area contributed by atoms with Crippen LogP contribution >= 0.6 is 0 Å². The molecule has 1 fully saturated rings. The molecule has 108 valence electrons. The van der Waals surface area contributed by atoms with Crippen molar-refractivity contribution in [3.63, 3.8) is 0 Å². The molecule has 0 saturated carbocycles. The first-order valence-corrected chi connectivity index (χ1v) is 7.42. The highest BCUT2D eigenvalue weighted by atomic mass is 16.3. The molecule has 0 radical (unpaired) electrons. The normalized spacial score (nSPS) is 20.1. The summed E-state index contributed by atoms with van der Waals surface area (Å²) >= 11 is 0. The van der Waals surface area contributed by atoms with E-state index in [-0.39, 0.29) is 0 Å². The summed E-state index contributed by atoms with van der Waals surface area (Å²) in [5.41, 5.74) is 1.78. The molecular formula is C16H18N4O. The molecule has 1 atom stereocenters. The SMILES string of the molecule is CN1CCCCC1c1nc2cccnc2n1-c1ccco1. The average molecular weight is 282 g/mol. The molecule has 1 aliphatic heterocycles. The topological polar surface area (TPSA) is 47.1 Å². The van der Waals surface area contributed by atoms with Crippen LogP contribution in [0.2, 0.25) is 0 Å². The smallest absolute Gasteiger partial charge is 0.206 e. The molecule has 21 heavy (non-hydrogen) atoms. The van der Waals surface area contributed by atoms with E-state index in [0.29, 0.717) is 6.04 Å². The molecule has 4 rings (SSSR count). The van der Waals surface area contributed by atoms with Crippen molar-refractivity contribution in [2.45, 2.75) is 25.3 Å². The van der Waals surface area contributed by atoms with Gasteiger partial charge in [0.1, 0.15) is 11.3 Å². The van der Waals surface area contributed by atoms with Crippen LogP contribution < -0.4 is 0 Å². The lowest BCUT2D eigenvalue weighted by atomic mass is 10.0. The Kier molecular flexibility index (Phi) is 3.00. The summed E-state index contributed by atoms with van der Waals surface area (Å²) in [7, 11) is 2.17. The maximum Gasteiger partial charge on any atom is 0.206 e. The summed E-state index contributed by atoms with van der Waals surface area (Å²) in [5, 5.41) is 0. The van der Waals surface area contributed by atoms with E-state index < -0.39 is 0 Å². The highest BCUT2D eigenvalue weighted by molar-refractivity contribution is 5.73. The highest BCUT2D eigenvalue weighted by Gasteiger charge is 2.27. The fraction of sp³-hybridized carbons (Fsp3) is 0.375. The fourth-order valence-corrected chi connectivity index (χ4v) is 3.17. The number of pyridine rings is 1. The molecule has 5 nitrogen and oxygen atoms in total. The van der Waals surface area contributed by atoms with Gasteiger partial charge in [-0.3, -0.25) is 4.90 Å². The van der Waals surface area contributed by atoms with Crippen LogP contribution in [-0.2, 0) is 0 Å². The summed E-state index contributed by atoms with van der Waals surface area (Å²) in [6, 6.07) is 8.11. The largest absolute Gasteiger partial charge is 0.448 e. The molecule has 1 aliphatic rings. The minimum absolute atomic E-state index is 0.318. The van der Waals surface area contributed by atoms with Gasteiger partial charge >= 0.3 is 0 Å². The molecule has 4 heterocycles. The van der Waals surface area contributed by atoms with Gasteiger partial charge in [0.25, 0.3) is 0 Å². The third-order valence-corrected chi connectivity index (χ3v) is 4.24. The Morgan fingerprint density at radius 2 is 2.19 bits per heavy atom. The number of hydrogen-bond acceptors (Lipinski definition) is 4. The van der Waals surface area contributed by atoms with Crippen LogP contribution in [0.1, 0.15) is 31.1 Å². The van der Waals surface area contributed by atoms with Gasteiger partial charge in [-0.15, -0.1) is 0 Å².